The molecule has 1 aromatic heterocycles. The number of hydrogen-bond acceptors (Lipinski definition) is 3. The Labute approximate surface area is 147 Å². The molecule has 1 aromatic carbocycles. The lowest BCUT2D eigenvalue weighted by molar-refractivity contribution is -0.145. The molecule has 0 aliphatic carbocycles. The summed E-state index contributed by atoms with van der Waals surface area (Å²) in [5, 5.41) is 9.31. The van der Waals surface area contributed by atoms with Crippen molar-refractivity contribution in [2.24, 2.45) is 5.92 Å². The van der Waals surface area contributed by atoms with Gasteiger partial charge >= 0.3 is 5.97 Å². The van der Waals surface area contributed by atoms with E-state index in [-0.39, 0.29) is 17.7 Å². The predicted octanol–water partition coefficient (Wildman–Crippen LogP) is 3.83. The average molecular weight is 341 g/mol. The molecule has 0 spiro atoms. The first-order valence-electron chi connectivity index (χ1n) is 8.74. The maximum Gasteiger partial charge on any atom is 0.308 e. The van der Waals surface area contributed by atoms with E-state index in [1.54, 1.807) is 24.0 Å². The van der Waals surface area contributed by atoms with Gasteiger partial charge < -0.3 is 14.4 Å². The zero-order chi connectivity index (χ0) is 18.0. The second-order valence-corrected chi connectivity index (χ2v) is 6.54. The van der Waals surface area contributed by atoms with Crippen molar-refractivity contribution in [2.45, 2.75) is 39.2 Å². The highest BCUT2D eigenvalue weighted by Crippen LogP contribution is 2.28. The van der Waals surface area contributed by atoms with Crippen molar-refractivity contribution in [1.29, 1.82) is 0 Å². The fourth-order valence-corrected chi connectivity index (χ4v) is 3.41. The predicted molar refractivity (Wildman–Crippen MR) is 94.4 cm³/mol. The lowest BCUT2D eigenvalue weighted by atomic mass is 9.90. The number of amides is 1. The highest BCUT2D eigenvalue weighted by Gasteiger charge is 2.36. The number of nitrogens with zero attached hydrogens (tertiary/aromatic N) is 1. The maximum atomic E-state index is 12.8. The molecule has 1 aliphatic heterocycles. The fraction of sp³-hybridized carbons (Fsp3) is 0.400. The molecule has 0 bridgehead atoms. The third kappa shape index (κ3) is 3.45. The molecule has 1 amide bonds. The van der Waals surface area contributed by atoms with Gasteiger partial charge in [-0.15, -0.1) is 0 Å². The van der Waals surface area contributed by atoms with Gasteiger partial charge in [-0.1, -0.05) is 31.2 Å². The Morgan fingerprint density at radius 1 is 1.20 bits per heavy atom. The summed E-state index contributed by atoms with van der Waals surface area (Å²) < 4.78 is 5.76. The van der Waals surface area contributed by atoms with Gasteiger partial charge in [0.1, 0.15) is 5.76 Å². The molecule has 132 valence electrons. The van der Waals surface area contributed by atoms with E-state index < -0.39 is 11.9 Å². The molecule has 0 saturated carbocycles. The number of carbonyl (C=O) groups is 2. The van der Waals surface area contributed by atoms with E-state index in [9.17, 15) is 14.7 Å². The van der Waals surface area contributed by atoms with Crippen molar-refractivity contribution in [3.05, 3.63) is 47.7 Å². The first kappa shape index (κ1) is 17.3. The van der Waals surface area contributed by atoms with Gasteiger partial charge in [0.15, 0.2) is 5.76 Å². The van der Waals surface area contributed by atoms with Gasteiger partial charge in [0.25, 0.3) is 5.91 Å². The molecular weight excluding hydrogens is 318 g/mol. The van der Waals surface area contributed by atoms with Crippen molar-refractivity contribution < 1.29 is 19.1 Å². The average Bonchev–Trinajstić information content (AvgIpc) is 3.11. The Morgan fingerprint density at radius 3 is 2.56 bits per heavy atom. The first-order chi connectivity index (χ1) is 12.0. The lowest BCUT2D eigenvalue weighted by Crippen LogP contribution is -2.49. The molecule has 25 heavy (non-hydrogen) atoms. The third-order valence-electron chi connectivity index (χ3n) is 5.03. The quantitative estimate of drug-likeness (QED) is 0.917. The van der Waals surface area contributed by atoms with E-state index in [0.717, 1.165) is 12.0 Å². The minimum atomic E-state index is -0.846. The van der Waals surface area contributed by atoms with Gasteiger partial charge in [-0.3, -0.25) is 9.59 Å². The van der Waals surface area contributed by atoms with Crippen molar-refractivity contribution >= 4 is 11.9 Å². The van der Waals surface area contributed by atoms with Crippen LogP contribution >= 0.6 is 0 Å². The Balaban J connectivity index is 1.79. The van der Waals surface area contributed by atoms with E-state index in [4.69, 9.17) is 4.42 Å². The lowest BCUT2D eigenvalue weighted by Gasteiger charge is -2.36. The van der Waals surface area contributed by atoms with Crippen LogP contribution in [0.3, 0.4) is 0 Å². The zero-order valence-corrected chi connectivity index (χ0v) is 14.6. The molecule has 1 N–H and O–H groups in total. The molecule has 2 atom stereocenters. The van der Waals surface area contributed by atoms with Crippen LogP contribution in [0.25, 0.3) is 11.3 Å². The number of rotatable bonds is 4. The normalized spacial score (nSPS) is 20.5. The van der Waals surface area contributed by atoms with Crippen molar-refractivity contribution in [3.63, 3.8) is 0 Å². The molecule has 5 heteroatoms. The molecule has 2 aromatic rings. The smallest absolute Gasteiger partial charge is 0.308 e. The van der Waals surface area contributed by atoms with Crippen LogP contribution < -0.4 is 0 Å². The SMILES string of the molecule is CCc1ccc(-c2ccc(C(=O)N3CCC[C@H](C(=O)O)[C@@H]3C)o2)cc1. The molecule has 2 heterocycles. The van der Waals surface area contributed by atoms with E-state index in [2.05, 4.69) is 6.92 Å². The van der Waals surface area contributed by atoms with Gasteiger partial charge in [0.2, 0.25) is 0 Å². The summed E-state index contributed by atoms with van der Waals surface area (Å²) in [6.45, 7) is 4.46. The summed E-state index contributed by atoms with van der Waals surface area (Å²) in [5.74, 6) is -0.706. The number of piperidine rings is 1. The van der Waals surface area contributed by atoms with E-state index in [0.29, 0.717) is 25.1 Å². The topological polar surface area (TPSA) is 70.8 Å². The summed E-state index contributed by atoms with van der Waals surface area (Å²) in [6.07, 6.45) is 2.27. The highest BCUT2D eigenvalue weighted by molar-refractivity contribution is 5.92. The molecule has 1 aliphatic rings. The Morgan fingerprint density at radius 2 is 1.92 bits per heavy atom. The van der Waals surface area contributed by atoms with Crippen LogP contribution in [0.4, 0.5) is 0 Å². The van der Waals surface area contributed by atoms with Crippen LogP contribution in [0.5, 0.6) is 0 Å². The van der Waals surface area contributed by atoms with Crippen LogP contribution in [0, 0.1) is 5.92 Å². The van der Waals surface area contributed by atoms with Crippen molar-refractivity contribution in [3.8, 4) is 11.3 Å². The zero-order valence-electron chi connectivity index (χ0n) is 14.6. The van der Waals surface area contributed by atoms with E-state index >= 15 is 0 Å². The maximum absolute atomic E-state index is 12.8. The summed E-state index contributed by atoms with van der Waals surface area (Å²) >= 11 is 0. The van der Waals surface area contributed by atoms with Gasteiger partial charge in [-0.2, -0.15) is 0 Å². The van der Waals surface area contributed by atoms with Crippen LogP contribution in [0.2, 0.25) is 0 Å². The summed E-state index contributed by atoms with van der Waals surface area (Å²) in [6, 6.07) is 11.2. The van der Waals surface area contributed by atoms with Gasteiger partial charge in [0, 0.05) is 18.2 Å². The molecule has 1 saturated heterocycles. The Hall–Kier alpha value is -2.56. The number of aryl methyl sites for hydroxylation is 1. The fourth-order valence-electron chi connectivity index (χ4n) is 3.41. The summed E-state index contributed by atoms with van der Waals surface area (Å²) in [4.78, 5) is 25.7. The highest BCUT2D eigenvalue weighted by atomic mass is 16.4. The third-order valence-corrected chi connectivity index (χ3v) is 5.03. The number of furan rings is 1. The van der Waals surface area contributed by atoms with Crippen LogP contribution in [-0.2, 0) is 11.2 Å². The number of carbonyl (C=O) groups excluding carboxylic acids is 1. The number of benzene rings is 1. The minimum absolute atomic E-state index is 0.241. The van der Waals surface area contributed by atoms with Gasteiger partial charge in [0.05, 0.1) is 5.92 Å². The largest absolute Gasteiger partial charge is 0.481 e. The summed E-state index contributed by atoms with van der Waals surface area (Å²) in [7, 11) is 0. The van der Waals surface area contributed by atoms with Gasteiger partial charge in [-0.25, -0.2) is 0 Å². The molecule has 0 radical (unpaired) electrons. The molecular formula is C20H23NO4. The van der Waals surface area contributed by atoms with Crippen molar-refractivity contribution in [1.82, 2.24) is 4.90 Å². The minimum Gasteiger partial charge on any atom is -0.481 e. The second kappa shape index (κ2) is 7.13. The van der Waals surface area contributed by atoms with Crippen LogP contribution in [0.1, 0.15) is 42.8 Å². The molecule has 0 unspecified atom stereocenters. The number of carboxylic acids is 1. The Bertz CT molecular complexity index is 762. The van der Waals surface area contributed by atoms with Crippen molar-refractivity contribution in [2.75, 3.05) is 6.54 Å². The standard InChI is InChI=1S/C20H23NO4/c1-3-14-6-8-15(9-7-14)17-10-11-18(25-17)19(22)21-12-4-5-16(13(21)2)20(23)24/h6-11,13,16H,3-5,12H2,1-2H3,(H,23,24)/t13-,16-/m0/s1. The number of carboxylic acid groups (broad SMARTS) is 1. The van der Waals surface area contributed by atoms with Gasteiger partial charge in [-0.05, 0) is 43.9 Å². The second-order valence-electron chi connectivity index (χ2n) is 6.54. The van der Waals surface area contributed by atoms with E-state index in [1.807, 2.05) is 24.3 Å². The van der Waals surface area contributed by atoms with Crippen LogP contribution in [-0.4, -0.2) is 34.5 Å². The van der Waals surface area contributed by atoms with E-state index in [1.165, 1.54) is 5.56 Å². The monoisotopic (exact) mass is 341 g/mol. The molecule has 5 nitrogen and oxygen atoms in total. The number of hydrogen-bond donors (Lipinski definition) is 1. The molecule has 1 fully saturated rings. The number of aliphatic carboxylic acids is 1. The first-order valence-corrected chi connectivity index (χ1v) is 8.74. The number of likely N-dealkylation sites (tertiary alicyclic amines) is 1. The Kier molecular flexibility index (Phi) is 4.93. The molecule has 3 rings (SSSR count). The van der Waals surface area contributed by atoms with Crippen LogP contribution in [0.15, 0.2) is 40.8 Å². The summed E-state index contributed by atoms with van der Waals surface area (Å²) in [5.41, 5.74) is 2.17.